The zero-order chi connectivity index (χ0) is 11.4. The Hall–Kier alpha value is -0.660. The van der Waals surface area contributed by atoms with Gasteiger partial charge in [-0.25, -0.2) is 0 Å². The molecule has 0 amide bonds. The highest BCUT2D eigenvalue weighted by molar-refractivity contribution is 6.35. The second kappa shape index (κ2) is 2.68. The number of ketones is 2. The maximum atomic E-state index is 11.8. The number of hydrogen-bond acceptors (Lipinski definition) is 2. The molecule has 0 unspecified atom stereocenters. The van der Waals surface area contributed by atoms with E-state index in [1.807, 2.05) is 41.5 Å². The predicted octanol–water partition coefficient (Wildman–Crippen LogP) is 2.42. The minimum Gasteiger partial charge on any atom is -0.298 e. The van der Waals surface area contributed by atoms with Crippen LogP contribution in [-0.4, -0.2) is 11.6 Å². The molecule has 0 saturated heterocycles. The smallest absolute Gasteiger partial charge is 0.159 e. The summed E-state index contributed by atoms with van der Waals surface area (Å²) in [6, 6.07) is 0. The Morgan fingerprint density at radius 2 is 1.14 bits per heavy atom. The van der Waals surface area contributed by atoms with Crippen molar-refractivity contribution in [1.82, 2.24) is 0 Å². The molecule has 0 spiro atoms. The van der Waals surface area contributed by atoms with Crippen LogP contribution in [0.2, 0.25) is 0 Å². The summed E-state index contributed by atoms with van der Waals surface area (Å²) >= 11 is 0. The molecule has 0 atom stereocenters. The Morgan fingerprint density at radius 3 is 1.21 bits per heavy atom. The van der Waals surface area contributed by atoms with Crippen LogP contribution in [0.25, 0.3) is 0 Å². The minimum atomic E-state index is -0.819. The van der Waals surface area contributed by atoms with Crippen LogP contribution in [0.1, 0.15) is 41.5 Å². The van der Waals surface area contributed by atoms with Crippen molar-refractivity contribution < 1.29 is 9.59 Å². The minimum absolute atomic E-state index is 0.0116. The Bertz CT molecular complexity index is 256. The van der Waals surface area contributed by atoms with Gasteiger partial charge in [0.25, 0.3) is 0 Å². The van der Waals surface area contributed by atoms with Crippen LogP contribution in [0.15, 0.2) is 0 Å². The molecular weight excluding hydrogens is 176 g/mol. The molecule has 2 heteroatoms. The molecule has 1 aliphatic carbocycles. The van der Waals surface area contributed by atoms with Gasteiger partial charge in [-0.3, -0.25) is 9.59 Å². The molecule has 0 heterocycles. The average molecular weight is 195 g/mol. The van der Waals surface area contributed by atoms with Gasteiger partial charge in [-0.2, -0.15) is 0 Å². The molecule has 1 aliphatic rings. The predicted molar refractivity (Wildman–Crippen MR) is 55.7 cm³/mol. The van der Waals surface area contributed by atoms with E-state index in [2.05, 4.69) is 0 Å². The van der Waals surface area contributed by atoms with Gasteiger partial charge in [0.05, 0.1) is 11.8 Å². The van der Waals surface area contributed by atoms with Crippen LogP contribution in [0.3, 0.4) is 0 Å². The van der Waals surface area contributed by atoms with Crippen molar-refractivity contribution in [3.05, 3.63) is 6.42 Å². The van der Waals surface area contributed by atoms with Crippen LogP contribution in [0.4, 0.5) is 0 Å². The quantitative estimate of drug-likeness (QED) is 0.556. The van der Waals surface area contributed by atoms with E-state index in [1.165, 1.54) is 6.42 Å². The highest BCUT2D eigenvalue weighted by Gasteiger charge is 2.67. The Balaban J connectivity index is 3.32. The summed E-state index contributed by atoms with van der Waals surface area (Å²) in [5.41, 5.74) is -1.44. The van der Waals surface area contributed by atoms with E-state index in [4.69, 9.17) is 0 Å². The van der Waals surface area contributed by atoms with Crippen molar-refractivity contribution in [2.45, 2.75) is 41.5 Å². The van der Waals surface area contributed by atoms with Crippen LogP contribution < -0.4 is 0 Å². The van der Waals surface area contributed by atoms with Gasteiger partial charge in [0, 0.05) is 0 Å². The van der Waals surface area contributed by atoms with Crippen LogP contribution in [0.5, 0.6) is 0 Å². The number of hydrogen-bond donors (Lipinski definition) is 0. The second-order valence-corrected chi connectivity index (χ2v) is 6.12. The third-order valence-corrected chi connectivity index (χ3v) is 3.25. The van der Waals surface area contributed by atoms with Gasteiger partial charge in [0.2, 0.25) is 0 Å². The standard InChI is InChI=1S/C12H19O2/c1-10(2,3)12(11(4,5)6)8(13)7-9(12)14/h7H,1-6H3. The Kier molecular flexibility index (Phi) is 2.18. The van der Waals surface area contributed by atoms with Crippen molar-refractivity contribution in [1.29, 1.82) is 0 Å². The Labute approximate surface area is 86.1 Å². The lowest BCUT2D eigenvalue weighted by molar-refractivity contribution is -0.166. The first-order valence-corrected chi connectivity index (χ1v) is 4.99. The van der Waals surface area contributed by atoms with E-state index >= 15 is 0 Å². The molecule has 1 radical (unpaired) electrons. The monoisotopic (exact) mass is 195 g/mol. The molecule has 79 valence electrons. The molecule has 14 heavy (non-hydrogen) atoms. The van der Waals surface area contributed by atoms with Gasteiger partial charge in [-0.1, -0.05) is 41.5 Å². The topological polar surface area (TPSA) is 34.1 Å². The molecule has 1 saturated carbocycles. The van der Waals surface area contributed by atoms with Gasteiger partial charge in [-0.05, 0) is 10.8 Å². The zero-order valence-corrected chi connectivity index (χ0v) is 9.89. The fourth-order valence-corrected chi connectivity index (χ4v) is 2.98. The summed E-state index contributed by atoms with van der Waals surface area (Å²) in [6.07, 6.45) is 1.23. The summed E-state index contributed by atoms with van der Waals surface area (Å²) < 4.78 is 0. The molecule has 1 rings (SSSR count). The molecule has 0 aliphatic heterocycles. The largest absolute Gasteiger partial charge is 0.298 e. The van der Waals surface area contributed by atoms with Crippen molar-refractivity contribution in [3.8, 4) is 0 Å². The van der Waals surface area contributed by atoms with Crippen molar-refractivity contribution >= 4 is 11.6 Å². The van der Waals surface area contributed by atoms with Gasteiger partial charge in [0.1, 0.15) is 0 Å². The van der Waals surface area contributed by atoms with Gasteiger partial charge in [-0.15, -0.1) is 0 Å². The lowest BCUT2D eigenvalue weighted by Gasteiger charge is -2.55. The molecular formula is C12H19O2. The number of Topliss-reactive ketones (excluding diaryl/α,β-unsaturated/α-hetero) is 2. The SMILES string of the molecule is CC(C)(C)C1(C(C)(C)C)C(=O)[CH]C1=O. The highest BCUT2D eigenvalue weighted by atomic mass is 16.2. The average Bonchev–Trinajstić information content (AvgIpc) is 1.78. The van der Waals surface area contributed by atoms with Crippen molar-refractivity contribution in [2.24, 2.45) is 16.2 Å². The molecule has 0 bridgehead atoms. The van der Waals surface area contributed by atoms with E-state index in [0.29, 0.717) is 0 Å². The summed E-state index contributed by atoms with van der Waals surface area (Å²) in [4.78, 5) is 23.6. The maximum absolute atomic E-state index is 11.8. The third-order valence-electron chi connectivity index (χ3n) is 3.25. The zero-order valence-electron chi connectivity index (χ0n) is 9.89. The molecule has 0 aromatic carbocycles. The first kappa shape index (κ1) is 11.4. The van der Waals surface area contributed by atoms with E-state index in [1.54, 1.807) is 0 Å². The molecule has 2 nitrogen and oxygen atoms in total. The molecule has 0 aromatic heterocycles. The number of carbonyl (C=O) groups excluding carboxylic acids is 2. The van der Waals surface area contributed by atoms with Crippen LogP contribution in [0, 0.1) is 22.7 Å². The number of rotatable bonds is 0. The molecule has 0 aromatic rings. The van der Waals surface area contributed by atoms with E-state index in [9.17, 15) is 9.59 Å². The van der Waals surface area contributed by atoms with E-state index in [0.717, 1.165) is 0 Å². The summed E-state index contributed by atoms with van der Waals surface area (Å²) in [6.45, 7) is 11.8. The molecule has 1 fully saturated rings. The second-order valence-electron chi connectivity index (χ2n) is 6.12. The van der Waals surface area contributed by atoms with Gasteiger partial charge in [0.15, 0.2) is 11.6 Å². The van der Waals surface area contributed by atoms with Crippen molar-refractivity contribution in [2.75, 3.05) is 0 Å². The first-order valence-electron chi connectivity index (χ1n) is 4.99. The van der Waals surface area contributed by atoms with Gasteiger partial charge >= 0.3 is 0 Å². The molecule has 0 N–H and O–H groups in total. The van der Waals surface area contributed by atoms with Crippen LogP contribution in [-0.2, 0) is 9.59 Å². The van der Waals surface area contributed by atoms with E-state index < -0.39 is 5.41 Å². The van der Waals surface area contributed by atoms with E-state index in [-0.39, 0.29) is 22.4 Å². The fraction of sp³-hybridized carbons (Fsp3) is 0.750. The third kappa shape index (κ3) is 1.09. The lowest BCUT2D eigenvalue weighted by Crippen LogP contribution is -2.65. The van der Waals surface area contributed by atoms with Gasteiger partial charge < -0.3 is 0 Å². The fourth-order valence-electron chi connectivity index (χ4n) is 2.98. The summed E-state index contributed by atoms with van der Waals surface area (Å²) in [7, 11) is 0. The maximum Gasteiger partial charge on any atom is 0.159 e. The van der Waals surface area contributed by atoms with Crippen molar-refractivity contribution in [3.63, 3.8) is 0 Å². The summed E-state index contributed by atoms with van der Waals surface area (Å²) in [5.74, 6) is -0.0231. The highest BCUT2D eigenvalue weighted by Crippen LogP contribution is 2.58. The lowest BCUT2D eigenvalue weighted by atomic mass is 9.44. The van der Waals surface area contributed by atoms with Crippen LogP contribution >= 0.6 is 0 Å². The first-order chi connectivity index (χ1) is 6.05. The normalized spacial score (nSPS) is 22.1. The summed E-state index contributed by atoms with van der Waals surface area (Å²) in [5, 5.41) is 0. The Morgan fingerprint density at radius 1 is 0.857 bits per heavy atom. The number of carbonyl (C=O) groups is 2.